The van der Waals surface area contributed by atoms with E-state index in [-0.39, 0.29) is 22.3 Å². The maximum absolute atomic E-state index is 12.8. The molecule has 2 atom stereocenters. The van der Waals surface area contributed by atoms with Crippen molar-refractivity contribution in [3.05, 3.63) is 74.2 Å². The molecule has 0 unspecified atom stereocenters. The quantitative estimate of drug-likeness (QED) is 0.431. The fraction of sp³-hybridized carbons (Fsp3) is 0.250. The third-order valence-electron chi connectivity index (χ3n) is 5.25. The first-order chi connectivity index (χ1) is 15.8. The maximum Gasteiger partial charge on any atom is 0.319 e. The molecule has 0 radical (unpaired) electrons. The zero-order valence-electron chi connectivity index (χ0n) is 18.3. The Morgan fingerprint density at radius 2 is 1.85 bits per heavy atom. The van der Waals surface area contributed by atoms with Gasteiger partial charge < -0.3 is 15.4 Å². The Hall–Kier alpha value is -3.09. The highest BCUT2D eigenvalue weighted by Crippen LogP contribution is 2.40. The smallest absolute Gasteiger partial charge is 0.319 e. The van der Waals surface area contributed by atoms with Crippen molar-refractivity contribution >= 4 is 51.2 Å². The van der Waals surface area contributed by atoms with Crippen LogP contribution in [-0.4, -0.2) is 30.6 Å². The summed E-state index contributed by atoms with van der Waals surface area (Å²) in [6.07, 6.45) is 0. The number of halogens is 1. The number of hydrogen-bond donors (Lipinski definition) is 2. The third kappa shape index (κ3) is 5.46. The van der Waals surface area contributed by atoms with Crippen LogP contribution in [0.5, 0.6) is 0 Å². The van der Waals surface area contributed by atoms with E-state index in [0.29, 0.717) is 5.56 Å². The lowest BCUT2D eigenvalue weighted by molar-refractivity contribution is -0.150. The van der Waals surface area contributed by atoms with Gasteiger partial charge in [0.15, 0.2) is 0 Å². The molecular weight excluding hydrogens is 506 g/mol. The van der Waals surface area contributed by atoms with E-state index in [4.69, 9.17) is 4.74 Å². The van der Waals surface area contributed by atoms with Crippen molar-refractivity contribution in [1.29, 1.82) is 5.26 Å². The Balaban J connectivity index is 1.88. The Morgan fingerprint density at radius 3 is 2.42 bits per heavy atom. The number of benzene rings is 2. The fourth-order valence-corrected chi connectivity index (χ4v) is 5.30. The predicted octanol–water partition coefficient (Wildman–Crippen LogP) is 4.18. The summed E-state index contributed by atoms with van der Waals surface area (Å²) in [5.74, 6) is -3.61. The maximum atomic E-state index is 12.8. The first kappa shape index (κ1) is 24.6. The number of thioether (sulfide) groups is 1. The molecule has 2 N–H and O–H groups in total. The molecular formula is C24H22BrN3O4S. The topological polar surface area (TPSA) is 108 Å². The Morgan fingerprint density at radius 1 is 1.21 bits per heavy atom. The van der Waals surface area contributed by atoms with Gasteiger partial charge in [-0.25, -0.2) is 0 Å². The average molecular weight is 528 g/mol. The largest absolute Gasteiger partial charge is 0.468 e. The van der Waals surface area contributed by atoms with E-state index in [9.17, 15) is 19.6 Å². The first-order valence-corrected chi connectivity index (χ1v) is 11.8. The molecule has 0 aliphatic carbocycles. The van der Waals surface area contributed by atoms with Gasteiger partial charge in [0.05, 0.1) is 29.5 Å². The van der Waals surface area contributed by atoms with Crippen LogP contribution in [0, 0.1) is 31.1 Å². The van der Waals surface area contributed by atoms with Crippen molar-refractivity contribution in [3.8, 4) is 6.07 Å². The van der Waals surface area contributed by atoms with Crippen molar-refractivity contribution in [2.75, 3.05) is 18.2 Å². The minimum atomic E-state index is -1.20. The molecule has 7 nitrogen and oxygen atoms in total. The number of nitriles is 1. The first-order valence-electron chi connectivity index (χ1n) is 10.0. The highest BCUT2D eigenvalue weighted by Gasteiger charge is 2.44. The number of methoxy groups -OCH3 is 1. The molecule has 9 heteroatoms. The molecule has 1 aliphatic heterocycles. The number of anilines is 1. The standard InChI is InChI=1S/C24H22BrN3O4S/c1-13-9-16(25)10-14(2)21(13)27-18(29)12-33-23-17(11-26)19(15-7-5-4-6-8-15)20(22(30)28-23)24(31)32-3/h4-10,19-20H,12H2,1-3H3,(H,27,29)(H,28,30)/t19-,20-/m0/s1. The summed E-state index contributed by atoms with van der Waals surface area (Å²) in [6, 6.07) is 14.8. The third-order valence-corrected chi connectivity index (χ3v) is 6.73. The lowest BCUT2D eigenvalue weighted by Gasteiger charge is -2.30. The number of rotatable bonds is 6. The summed E-state index contributed by atoms with van der Waals surface area (Å²) in [5, 5.41) is 15.7. The predicted molar refractivity (Wildman–Crippen MR) is 130 cm³/mol. The van der Waals surface area contributed by atoms with Gasteiger partial charge in [-0.1, -0.05) is 58.0 Å². The number of amides is 2. The van der Waals surface area contributed by atoms with E-state index in [2.05, 4.69) is 32.6 Å². The molecule has 0 spiro atoms. The molecule has 3 rings (SSSR count). The molecule has 2 amide bonds. The van der Waals surface area contributed by atoms with Gasteiger partial charge in [-0.3, -0.25) is 14.4 Å². The van der Waals surface area contributed by atoms with Crippen molar-refractivity contribution in [3.63, 3.8) is 0 Å². The fourth-order valence-electron chi connectivity index (χ4n) is 3.76. The molecule has 0 aromatic heterocycles. The van der Waals surface area contributed by atoms with Gasteiger partial charge in [-0.05, 0) is 42.7 Å². The Bertz CT molecular complexity index is 1150. The molecule has 170 valence electrons. The van der Waals surface area contributed by atoms with Crippen LogP contribution in [0.15, 0.2) is 57.5 Å². The number of nitrogens with zero attached hydrogens (tertiary/aromatic N) is 1. The SMILES string of the molecule is COC(=O)[C@@H]1C(=O)NC(SCC(=O)Nc2c(C)cc(Br)cc2C)=C(C#N)[C@@H]1c1ccccc1. The normalized spacial score (nSPS) is 17.7. The lowest BCUT2D eigenvalue weighted by atomic mass is 9.78. The number of ether oxygens (including phenoxy) is 1. The highest BCUT2D eigenvalue weighted by atomic mass is 79.9. The molecule has 1 heterocycles. The van der Waals surface area contributed by atoms with Gasteiger partial charge in [0.2, 0.25) is 11.8 Å². The summed E-state index contributed by atoms with van der Waals surface area (Å²) >= 11 is 4.48. The van der Waals surface area contributed by atoms with Crippen molar-refractivity contribution in [2.24, 2.45) is 5.92 Å². The minimum absolute atomic E-state index is 0.0276. The van der Waals surface area contributed by atoms with Gasteiger partial charge in [-0.15, -0.1) is 0 Å². The monoisotopic (exact) mass is 527 g/mol. The summed E-state index contributed by atoms with van der Waals surface area (Å²) in [6.45, 7) is 3.80. The number of hydrogen-bond acceptors (Lipinski definition) is 6. The molecule has 0 saturated carbocycles. The van der Waals surface area contributed by atoms with Gasteiger partial charge in [0.25, 0.3) is 0 Å². The van der Waals surface area contributed by atoms with Crippen LogP contribution in [0.25, 0.3) is 0 Å². The lowest BCUT2D eigenvalue weighted by Crippen LogP contribution is -2.44. The highest BCUT2D eigenvalue weighted by molar-refractivity contribution is 9.10. The van der Waals surface area contributed by atoms with E-state index in [1.807, 2.05) is 26.0 Å². The molecule has 1 aliphatic rings. The number of carbonyl (C=O) groups is 3. The van der Waals surface area contributed by atoms with Crippen LogP contribution in [0.1, 0.15) is 22.6 Å². The van der Waals surface area contributed by atoms with Crippen LogP contribution in [0.3, 0.4) is 0 Å². The number of aryl methyl sites for hydroxylation is 2. The van der Waals surface area contributed by atoms with E-state index in [1.165, 1.54) is 7.11 Å². The van der Waals surface area contributed by atoms with E-state index in [0.717, 1.165) is 33.0 Å². The van der Waals surface area contributed by atoms with Crippen LogP contribution < -0.4 is 10.6 Å². The zero-order chi connectivity index (χ0) is 24.1. The van der Waals surface area contributed by atoms with Gasteiger partial charge in [0, 0.05) is 16.1 Å². The van der Waals surface area contributed by atoms with Crippen molar-refractivity contribution < 1.29 is 19.1 Å². The Labute approximate surface area is 204 Å². The Kier molecular flexibility index (Phi) is 7.95. The van der Waals surface area contributed by atoms with Gasteiger partial charge in [0.1, 0.15) is 5.92 Å². The number of carbonyl (C=O) groups excluding carboxylic acids is 3. The van der Waals surface area contributed by atoms with Crippen LogP contribution >= 0.6 is 27.7 Å². The second-order valence-electron chi connectivity index (χ2n) is 7.48. The molecule has 0 saturated heterocycles. The van der Waals surface area contributed by atoms with Gasteiger partial charge in [-0.2, -0.15) is 5.26 Å². The summed E-state index contributed by atoms with van der Waals surface area (Å²) < 4.78 is 5.75. The molecule has 2 aromatic rings. The van der Waals surface area contributed by atoms with Crippen LogP contribution in [0.2, 0.25) is 0 Å². The summed E-state index contributed by atoms with van der Waals surface area (Å²) in [5.41, 5.74) is 3.40. The summed E-state index contributed by atoms with van der Waals surface area (Å²) in [4.78, 5) is 37.9. The van der Waals surface area contributed by atoms with E-state index >= 15 is 0 Å². The number of nitrogens with one attached hydrogen (secondary N) is 2. The number of allylic oxidation sites excluding steroid dienone is 1. The minimum Gasteiger partial charge on any atom is -0.468 e. The number of esters is 1. The van der Waals surface area contributed by atoms with Crippen molar-refractivity contribution in [2.45, 2.75) is 19.8 Å². The molecule has 0 bridgehead atoms. The van der Waals surface area contributed by atoms with E-state index < -0.39 is 23.7 Å². The van der Waals surface area contributed by atoms with Crippen LogP contribution in [0.4, 0.5) is 5.69 Å². The molecule has 0 fully saturated rings. The van der Waals surface area contributed by atoms with Crippen molar-refractivity contribution in [1.82, 2.24) is 5.32 Å². The molecule has 33 heavy (non-hydrogen) atoms. The summed E-state index contributed by atoms with van der Waals surface area (Å²) in [7, 11) is 1.20. The second kappa shape index (κ2) is 10.7. The van der Waals surface area contributed by atoms with Crippen LogP contribution in [-0.2, 0) is 19.1 Å². The second-order valence-corrected chi connectivity index (χ2v) is 9.39. The average Bonchev–Trinajstić information content (AvgIpc) is 2.79. The van der Waals surface area contributed by atoms with E-state index in [1.54, 1.807) is 30.3 Å². The molecule has 2 aromatic carbocycles. The van der Waals surface area contributed by atoms with Gasteiger partial charge >= 0.3 is 5.97 Å². The zero-order valence-corrected chi connectivity index (χ0v) is 20.7.